The Morgan fingerprint density at radius 3 is 1.71 bits per heavy atom. The molecule has 8 nitrogen and oxygen atoms in total. The molecule has 192 valence electrons. The van der Waals surface area contributed by atoms with Gasteiger partial charge in [0.05, 0.1) is 0 Å². The monoisotopic (exact) mass is 538 g/mol. The molecule has 0 radical (unpaired) electrons. The van der Waals surface area contributed by atoms with Gasteiger partial charge in [-0.05, 0) is 51.0 Å². The van der Waals surface area contributed by atoms with Crippen LogP contribution in [-0.2, 0) is 0 Å². The molecule has 2 heterocycles. The van der Waals surface area contributed by atoms with E-state index in [9.17, 15) is 21.0 Å². The maximum atomic E-state index is 9.49. The van der Waals surface area contributed by atoms with Gasteiger partial charge in [0.1, 0.15) is 35.3 Å². The minimum atomic E-state index is -0.220. The lowest BCUT2D eigenvalue weighted by Crippen LogP contribution is -2.03. The summed E-state index contributed by atoms with van der Waals surface area (Å²) in [6, 6.07) is 34.6. The van der Waals surface area contributed by atoms with Gasteiger partial charge in [-0.1, -0.05) is 66.7 Å². The van der Waals surface area contributed by atoms with E-state index in [0.717, 1.165) is 43.8 Å². The van der Waals surface area contributed by atoms with Gasteiger partial charge in [-0.15, -0.1) is 0 Å². The molecule has 0 amide bonds. The fourth-order valence-electron chi connectivity index (χ4n) is 5.39. The molecule has 0 N–H and O–H groups in total. The van der Waals surface area contributed by atoms with Crippen molar-refractivity contribution in [2.24, 2.45) is 0 Å². The number of fused-ring (bicyclic) bond motifs is 5. The Kier molecular flexibility index (Phi) is 5.48. The molecular formula is C34H14N6O2. The van der Waals surface area contributed by atoms with Crippen LogP contribution in [0.5, 0.6) is 0 Å². The van der Waals surface area contributed by atoms with E-state index in [-0.39, 0.29) is 22.2 Å². The maximum absolute atomic E-state index is 9.49. The first-order valence-corrected chi connectivity index (χ1v) is 12.7. The molecule has 0 atom stereocenters. The summed E-state index contributed by atoms with van der Waals surface area (Å²) in [4.78, 5) is 8.94. The van der Waals surface area contributed by atoms with E-state index < -0.39 is 0 Å². The number of oxazole rings is 2. The number of rotatable bonds is 2. The molecule has 42 heavy (non-hydrogen) atoms. The van der Waals surface area contributed by atoms with Gasteiger partial charge < -0.3 is 8.83 Å². The summed E-state index contributed by atoms with van der Waals surface area (Å²) in [6.45, 7) is 0. The van der Waals surface area contributed by atoms with E-state index in [1.807, 2.05) is 109 Å². The molecule has 0 saturated heterocycles. The highest BCUT2D eigenvalue weighted by Crippen LogP contribution is 2.46. The Hall–Kier alpha value is -6.74. The molecule has 0 fully saturated rings. The van der Waals surface area contributed by atoms with Crippen LogP contribution in [0.1, 0.15) is 0 Å². The highest BCUT2D eigenvalue weighted by atomic mass is 16.3. The van der Waals surface area contributed by atoms with Crippen LogP contribution in [0.15, 0.2) is 93.8 Å². The van der Waals surface area contributed by atoms with Gasteiger partial charge in [-0.3, -0.25) is 0 Å². The van der Waals surface area contributed by atoms with Crippen LogP contribution < -0.4 is 11.1 Å². The first-order chi connectivity index (χ1) is 20.6. The lowest BCUT2D eigenvalue weighted by Gasteiger charge is -2.17. The minimum Gasteiger partial charge on any atom is -0.435 e. The van der Waals surface area contributed by atoms with Crippen molar-refractivity contribution in [2.45, 2.75) is 0 Å². The fourth-order valence-corrected chi connectivity index (χ4v) is 5.39. The Balaban J connectivity index is 1.80. The van der Waals surface area contributed by atoms with Crippen molar-refractivity contribution in [2.75, 3.05) is 0 Å². The molecule has 2 aromatic heterocycles. The molecule has 7 aromatic rings. The molecule has 8 heteroatoms. The van der Waals surface area contributed by atoms with E-state index in [1.54, 1.807) is 0 Å². The summed E-state index contributed by atoms with van der Waals surface area (Å²) in [5.41, 5.74) is 4.88. The molecule has 7 rings (SSSR count). The van der Waals surface area contributed by atoms with Crippen LogP contribution in [0.4, 0.5) is 0 Å². The Morgan fingerprint density at radius 1 is 0.548 bits per heavy atom. The van der Waals surface area contributed by atoms with Crippen molar-refractivity contribution >= 4 is 54.9 Å². The number of aromatic nitrogens is 2. The summed E-state index contributed by atoms with van der Waals surface area (Å²) >= 11 is 0. The first kappa shape index (κ1) is 24.3. The normalized spacial score (nSPS) is 10.8. The van der Waals surface area contributed by atoms with Gasteiger partial charge >= 0.3 is 0 Å². The molecule has 5 aromatic carbocycles. The maximum Gasteiger partial charge on any atom is 0.249 e. The SMILES string of the molecule is N#CC(C#N)=c1nc2cc3c(-c4ccccc4)c4ccc5nc(=C(C#N)C#N)oc5c4c(-c4ccccc4)c3cc2o1. The summed E-state index contributed by atoms with van der Waals surface area (Å²) in [6.07, 6.45) is 0. The van der Waals surface area contributed by atoms with Crippen molar-refractivity contribution < 1.29 is 8.83 Å². The highest BCUT2D eigenvalue weighted by Gasteiger charge is 2.22. The van der Waals surface area contributed by atoms with Crippen molar-refractivity contribution in [3.8, 4) is 46.5 Å². The second-order valence-electron chi connectivity index (χ2n) is 9.42. The predicted octanol–water partition coefficient (Wildman–Crippen LogP) is 6.01. The number of benzene rings is 5. The van der Waals surface area contributed by atoms with Gasteiger partial charge in [0.2, 0.25) is 11.1 Å². The molecular weight excluding hydrogens is 524 g/mol. The topological polar surface area (TPSA) is 147 Å². The molecule has 0 aliphatic carbocycles. The molecule has 0 aliphatic heterocycles. The lowest BCUT2D eigenvalue weighted by atomic mass is 9.85. The molecule has 0 spiro atoms. The summed E-state index contributed by atoms with van der Waals surface area (Å²) in [7, 11) is 0. The van der Waals surface area contributed by atoms with E-state index in [0.29, 0.717) is 22.2 Å². The zero-order chi connectivity index (χ0) is 28.8. The van der Waals surface area contributed by atoms with Crippen molar-refractivity contribution in [3.05, 3.63) is 96.0 Å². The smallest absolute Gasteiger partial charge is 0.249 e. The van der Waals surface area contributed by atoms with E-state index >= 15 is 0 Å². The fraction of sp³-hybridized carbons (Fsp3) is 0. The Morgan fingerprint density at radius 2 is 1.10 bits per heavy atom. The summed E-state index contributed by atoms with van der Waals surface area (Å²) < 4.78 is 12.1. The molecule has 0 bridgehead atoms. The molecule has 0 unspecified atom stereocenters. The third kappa shape index (κ3) is 3.59. The second-order valence-corrected chi connectivity index (χ2v) is 9.42. The van der Waals surface area contributed by atoms with Gasteiger partial charge in [0.15, 0.2) is 22.3 Å². The third-order valence-electron chi connectivity index (χ3n) is 7.14. The van der Waals surface area contributed by atoms with Crippen LogP contribution in [0, 0.1) is 45.3 Å². The average Bonchev–Trinajstić information content (AvgIpc) is 3.65. The van der Waals surface area contributed by atoms with Crippen LogP contribution in [-0.4, -0.2) is 9.97 Å². The van der Waals surface area contributed by atoms with Gasteiger partial charge in [-0.2, -0.15) is 21.0 Å². The van der Waals surface area contributed by atoms with E-state index in [2.05, 4.69) is 9.97 Å². The van der Waals surface area contributed by atoms with Crippen LogP contribution in [0.2, 0.25) is 0 Å². The second kappa shape index (κ2) is 9.47. The zero-order valence-electron chi connectivity index (χ0n) is 21.6. The predicted molar refractivity (Wildman–Crippen MR) is 156 cm³/mol. The minimum absolute atomic E-state index is 0.0456. The Labute approximate surface area is 237 Å². The third-order valence-corrected chi connectivity index (χ3v) is 7.14. The quantitative estimate of drug-likeness (QED) is 0.243. The van der Waals surface area contributed by atoms with Gasteiger partial charge in [-0.25, -0.2) is 9.97 Å². The van der Waals surface area contributed by atoms with Crippen molar-refractivity contribution in [1.82, 2.24) is 9.97 Å². The number of nitriles is 4. The van der Waals surface area contributed by atoms with Crippen LogP contribution >= 0.6 is 0 Å². The number of nitrogens with zero attached hydrogens (tertiary/aromatic N) is 6. The summed E-state index contributed by atoms with van der Waals surface area (Å²) in [5, 5.41) is 41.1. The molecule has 0 aliphatic rings. The van der Waals surface area contributed by atoms with Crippen molar-refractivity contribution in [3.63, 3.8) is 0 Å². The standard InChI is InChI=1S/C34H14N6O2/c35-15-21(16-36)33-40-27-13-24-25(14-28(27)41-33)30(20-9-5-2-6-10-20)31-23(29(24)19-7-3-1-4-8-19)11-12-26-32(31)42-34(39-26)22(17-37)18-38/h1-14H. The van der Waals surface area contributed by atoms with Gasteiger partial charge in [0, 0.05) is 10.9 Å². The van der Waals surface area contributed by atoms with Crippen LogP contribution in [0.3, 0.4) is 0 Å². The Bertz CT molecular complexity index is 2520. The van der Waals surface area contributed by atoms with E-state index in [4.69, 9.17) is 8.83 Å². The molecule has 0 saturated carbocycles. The number of hydrogen-bond acceptors (Lipinski definition) is 8. The number of hydrogen-bond donors (Lipinski definition) is 0. The van der Waals surface area contributed by atoms with Crippen molar-refractivity contribution in [1.29, 1.82) is 21.0 Å². The highest BCUT2D eigenvalue weighted by molar-refractivity contribution is 6.27. The zero-order valence-corrected chi connectivity index (χ0v) is 21.6. The summed E-state index contributed by atoms with van der Waals surface area (Å²) in [5.74, 6) is 0. The van der Waals surface area contributed by atoms with Crippen LogP contribution in [0.25, 0.3) is 77.1 Å². The largest absolute Gasteiger partial charge is 0.435 e. The average molecular weight is 539 g/mol. The first-order valence-electron chi connectivity index (χ1n) is 12.7. The lowest BCUT2D eigenvalue weighted by molar-refractivity contribution is 0.559. The van der Waals surface area contributed by atoms with Gasteiger partial charge in [0.25, 0.3) is 0 Å². The van der Waals surface area contributed by atoms with E-state index in [1.165, 1.54) is 0 Å².